The van der Waals surface area contributed by atoms with Crippen LogP contribution in [0.5, 0.6) is 0 Å². The fourth-order valence-electron chi connectivity index (χ4n) is 2.99. The molecular weight excluding hydrogens is 294 g/mol. The van der Waals surface area contributed by atoms with Gasteiger partial charge in [0, 0.05) is 27.9 Å². The van der Waals surface area contributed by atoms with Crippen LogP contribution in [-0.4, -0.2) is 8.96 Å². The van der Waals surface area contributed by atoms with E-state index in [2.05, 4.69) is 107 Å². The van der Waals surface area contributed by atoms with Crippen LogP contribution in [0.15, 0.2) is 103 Å². The third-order valence-electron chi connectivity index (χ3n) is 4.04. The van der Waals surface area contributed by atoms with Gasteiger partial charge in [0.15, 0.2) is 5.52 Å². The molecule has 0 N–H and O–H groups in total. The lowest BCUT2D eigenvalue weighted by Gasteiger charge is -2.11. The summed E-state index contributed by atoms with van der Waals surface area (Å²) in [5.41, 5.74) is 1.29. The van der Waals surface area contributed by atoms with Gasteiger partial charge < -0.3 is 0 Å². The predicted octanol–water partition coefficient (Wildman–Crippen LogP) is 2.78. The third kappa shape index (κ3) is 2.69. The molecule has 0 fully saturated rings. The van der Waals surface area contributed by atoms with Crippen molar-refractivity contribution in [3.63, 3.8) is 0 Å². The molecule has 0 unspecified atom stereocenters. The second-order valence-corrected chi connectivity index (χ2v) is 7.85. The lowest BCUT2D eigenvalue weighted by Crippen LogP contribution is -2.65. The average Bonchev–Trinajstić information content (AvgIpc) is 2.64. The van der Waals surface area contributed by atoms with Crippen LogP contribution in [0.2, 0.25) is 0 Å². The van der Waals surface area contributed by atoms with Crippen LogP contribution in [0.3, 0.4) is 0 Å². The zero-order valence-corrected chi connectivity index (χ0v) is 13.8. The van der Waals surface area contributed by atoms with Gasteiger partial charge in [0.25, 0.3) is 0 Å². The molecule has 109 valence electrons. The van der Waals surface area contributed by atoms with Gasteiger partial charge in [-0.15, -0.1) is 0 Å². The molecule has 1 nitrogen and oxygen atoms in total. The molecule has 0 saturated carbocycles. The zero-order chi connectivity index (χ0) is 15.5. The van der Waals surface area contributed by atoms with Crippen LogP contribution in [0.25, 0.3) is 10.9 Å². The maximum absolute atomic E-state index is 2.46. The van der Waals surface area contributed by atoms with Crippen molar-refractivity contribution in [3.05, 3.63) is 103 Å². The maximum atomic E-state index is 2.46. The summed E-state index contributed by atoms with van der Waals surface area (Å²) in [6.45, 7) is 0. The van der Waals surface area contributed by atoms with Crippen LogP contribution >= 0.6 is 0 Å². The molecule has 4 rings (SSSR count). The summed E-state index contributed by atoms with van der Waals surface area (Å²) in [5.74, 6) is 0. The summed E-state index contributed by atoms with van der Waals surface area (Å²) in [5, 5.41) is 4.07. The van der Waals surface area contributed by atoms with E-state index < -0.39 is 8.96 Å². The minimum Gasteiger partial charge on any atom is -0.263 e. The minimum atomic E-state index is -1.09. The highest BCUT2D eigenvalue weighted by Crippen LogP contribution is 2.08. The molecule has 0 aliphatic heterocycles. The SMILES string of the molecule is c1ccc([Si](c2ccccc2)[n+]2cccc3ccccc32)cc1. The van der Waals surface area contributed by atoms with Crippen molar-refractivity contribution in [2.45, 2.75) is 0 Å². The van der Waals surface area contributed by atoms with Crippen LogP contribution in [0.4, 0.5) is 0 Å². The fraction of sp³-hybridized carbons (Fsp3) is 0. The van der Waals surface area contributed by atoms with Gasteiger partial charge in [-0.3, -0.25) is 4.23 Å². The highest BCUT2D eigenvalue weighted by atomic mass is 28.3. The Labute approximate surface area is 138 Å². The second-order valence-electron chi connectivity index (χ2n) is 5.52. The van der Waals surface area contributed by atoms with Gasteiger partial charge in [-0.05, 0) is 12.1 Å². The van der Waals surface area contributed by atoms with E-state index in [0.29, 0.717) is 0 Å². The first-order valence-electron chi connectivity index (χ1n) is 7.81. The molecule has 0 saturated heterocycles. The van der Waals surface area contributed by atoms with Crippen LogP contribution in [0.1, 0.15) is 0 Å². The molecule has 23 heavy (non-hydrogen) atoms. The van der Waals surface area contributed by atoms with E-state index in [-0.39, 0.29) is 0 Å². The second kappa shape index (κ2) is 6.19. The normalized spacial score (nSPS) is 11.0. The number of hydrogen-bond donors (Lipinski definition) is 0. The van der Waals surface area contributed by atoms with Crippen molar-refractivity contribution in [3.8, 4) is 0 Å². The van der Waals surface area contributed by atoms with E-state index >= 15 is 0 Å². The Balaban J connectivity index is 1.98. The first-order valence-corrected chi connectivity index (χ1v) is 9.26. The third-order valence-corrected chi connectivity index (χ3v) is 6.67. The Hall–Kier alpha value is -2.71. The number of fused-ring (bicyclic) bond motifs is 1. The molecule has 1 aromatic heterocycles. The van der Waals surface area contributed by atoms with Gasteiger partial charge in [-0.1, -0.05) is 72.8 Å². The Morgan fingerprint density at radius 2 is 1.04 bits per heavy atom. The van der Waals surface area contributed by atoms with Gasteiger partial charge in [0.05, 0.1) is 0 Å². The maximum Gasteiger partial charge on any atom is 0.498 e. The highest BCUT2D eigenvalue weighted by molar-refractivity contribution is 6.78. The molecule has 1 radical (unpaired) electrons. The fourth-order valence-corrected chi connectivity index (χ4v) is 5.58. The summed E-state index contributed by atoms with van der Waals surface area (Å²) in [7, 11) is -1.09. The summed E-state index contributed by atoms with van der Waals surface area (Å²) >= 11 is 0. The Kier molecular flexibility index (Phi) is 3.74. The number of benzene rings is 3. The number of aromatic nitrogens is 1. The Morgan fingerprint density at radius 1 is 0.522 bits per heavy atom. The van der Waals surface area contributed by atoms with Crippen molar-refractivity contribution in [1.29, 1.82) is 0 Å². The monoisotopic (exact) mass is 311 g/mol. The smallest absolute Gasteiger partial charge is 0.263 e. The first-order chi connectivity index (χ1) is 11.4. The van der Waals surface area contributed by atoms with E-state index in [4.69, 9.17) is 0 Å². The van der Waals surface area contributed by atoms with Gasteiger partial charge in [-0.25, -0.2) is 0 Å². The first kappa shape index (κ1) is 13.9. The number of pyridine rings is 1. The van der Waals surface area contributed by atoms with Crippen LogP contribution in [-0.2, 0) is 0 Å². The molecular formula is C21H17NSi+. The molecule has 3 aromatic carbocycles. The highest BCUT2D eigenvalue weighted by Gasteiger charge is 2.32. The van der Waals surface area contributed by atoms with E-state index in [9.17, 15) is 0 Å². The molecule has 0 bridgehead atoms. The van der Waals surface area contributed by atoms with Gasteiger partial charge >= 0.3 is 8.96 Å². The van der Waals surface area contributed by atoms with Crippen molar-refractivity contribution in [2.24, 2.45) is 0 Å². The zero-order valence-electron chi connectivity index (χ0n) is 12.8. The van der Waals surface area contributed by atoms with Gasteiger partial charge in [-0.2, -0.15) is 0 Å². The minimum absolute atomic E-state index is 1.09. The van der Waals surface area contributed by atoms with Crippen molar-refractivity contribution < 1.29 is 4.23 Å². The molecule has 4 aromatic rings. The van der Waals surface area contributed by atoms with Crippen molar-refractivity contribution in [1.82, 2.24) is 0 Å². The predicted molar refractivity (Wildman–Crippen MR) is 97.4 cm³/mol. The van der Waals surface area contributed by atoms with Gasteiger partial charge in [0.2, 0.25) is 0 Å². The lowest BCUT2D eigenvalue weighted by molar-refractivity contribution is -0.502. The summed E-state index contributed by atoms with van der Waals surface area (Å²) < 4.78 is 2.46. The van der Waals surface area contributed by atoms with Crippen LogP contribution < -0.4 is 14.6 Å². The number of para-hydroxylation sites is 1. The molecule has 2 heteroatoms. The molecule has 0 atom stereocenters. The average molecular weight is 311 g/mol. The molecule has 0 spiro atoms. The lowest BCUT2D eigenvalue weighted by atomic mass is 10.2. The number of nitrogens with zero attached hydrogens (tertiary/aromatic N) is 1. The quantitative estimate of drug-likeness (QED) is 0.512. The molecule has 1 heterocycles. The number of rotatable bonds is 3. The standard InChI is InChI=1S/C21H17NSi/c1-3-12-19(13-4-1)23(20-14-5-2-6-15-20)22-17-9-11-18-10-7-8-16-21(18)22/h1-17H/q+1. The Morgan fingerprint density at radius 3 is 1.70 bits per heavy atom. The van der Waals surface area contributed by atoms with Crippen molar-refractivity contribution >= 4 is 30.2 Å². The summed E-state index contributed by atoms with van der Waals surface area (Å²) in [6.07, 6.45) is 2.22. The Bertz CT molecular complexity index is 875. The largest absolute Gasteiger partial charge is 0.498 e. The molecule has 0 aliphatic carbocycles. The van der Waals surface area contributed by atoms with E-state index in [1.54, 1.807) is 0 Å². The summed E-state index contributed by atoms with van der Waals surface area (Å²) in [4.78, 5) is 0. The van der Waals surface area contributed by atoms with E-state index in [1.165, 1.54) is 21.3 Å². The van der Waals surface area contributed by atoms with E-state index in [1.807, 2.05) is 0 Å². The van der Waals surface area contributed by atoms with Crippen molar-refractivity contribution in [2.75, 3.05) is 0 Å². The molecule has 0 amide bonds. The summed E-state index contributed by atoms with van der Waals surface area (Å²) in [6, 6.07) is 34.6. The molecule has 0 aliphatic rings. The topological polar surface area (TPSA) is 3.88 Å². The van der Waals surface area contributed by atoms with Crippen LogP contribution in [0, 0.1) is 0 Å². The van der Waals surface area contributed by atoms with E-state index in [0.717, 1.165) is 0 Å². The van der Waals surface area contributed by atoms with Gasteiger partial charge in [0.1, 0.15) is 6.20 Å². The number of hydrogen-bond acceptors (Lipinski definition) is 0.